The normalized spacial score (nSPS) is 15.5. The first-order valence-electron chi connectivity index (χ1n) is 4.13. The van der Waals surface area contributed by atoms with Crippen LogP contribution in [-0.2, 0) is 9.57 Å². The van der Waals surface area contributed by atoms with Crippen LogP contribution in [0.4, 0.5) is 0 Å². The van der Waals surface area contributed by atoms with Crippen LogP contribution in [0.1, 0.15) is 27.7 Å². The smallest absolute Gasteiger partial charge is 0.228 e. The fraction of sp³-hybridized carbons (Fsp3) is 0.875. The third-order valence-corrected chi connectivity index (χ3v) is 1.07. The predicted molar refractivity (Wildman–Crippen MR) is 45.5 cm³/mol. The molecule has 3 heteroatoms. The Hall–Kier alpha value is -0.730. The summed E-state index contributed by atoms with van der Waals surface area (Å²) in [4.78, 5) is 4.81. The molecule has 0 atom stereocenters. The zero-order chi connectivity index (χ0) is 8.69. The molecule has 0 fully saturated rings. The maximum Gasteiger partial charge on any atom is 0.228 e. The van der Waals surface area contributed by atoms with Gasteiger partial charge >= 0.3 is 0 Å². The summed E-state index contributed by atoms with van der Waals surface area (Å²) in [5.41, 5.74) is 0. The van der Waals surface area contributed by atoms with E-state index in [1.807, 2.05) is 27.7 Å². The highest BCUT2D eigenvalue weighted by Crippen LogP contribution is 2.03. The fourth-order valence-electron chi connectivity index (χ4n) is 0.591. The summed E-state index contributed by atoms with van der Waals surface area (Å²) in [6, 6.07) is 0. The van der Waals surface area contributed by atoms with Crippen LogP contribution >= 0.6 is 0 Å². The molecule has 0 radical (unpaired) electrons. The Labute approximate surface area is 68.4 Å². The molecule has 0 aliphatic carbocycles. The standard InChI is InChI=1S/C6H11NO2.C2H6/c1-5(2)6-7-9-4-3-8-6;1-2/h5H,3-4H2,1-2H3;1-2H3. The summed E-state index contributed by atoms with van der Waals surface area (Å²) in [5.74, 6) is 1.05. The molecule has 11 heavy (non-hydrogen) atoms. The molecule has 0 unspecified atom stereocenters. The number of ether oxygens (including phenoxy) is 1. The molecule has 0 spiro atoms. The summed E-state index contributed by atoms with van der Waals surface area (Å²) in [6.45, 7) is 9.26. The van der Waals surface area contributed by atoms with Gasteiger partial charge in [-0.2, -0.15) is 0 Å². The molecule has 1 aliphatic heterocycles. The molecule has 0 bridgehead atoms. The Balaban J connectivity index is 0.000000461. The van der Waals surface area contributed by atoms with Gasteiger partial charge in [0.1, 0.15) is 6.61 Å². The Bertz CT molecular complexity index is 121. The van der Waals surface area contributed by atoms with E-state index in [9.17, 15) is 0 Å². The monoisotopic (exact) mass is 159 g/mol. The second-order valence-corrected chi connectivity index (χ2v) is 2.27. The minimum atomic E-state index is 0.338. The van der Waals surface area contributed by atoms with Crippen molar-refractivity contribution in [2.45, 2.75) is 27.7 Å². The molecular formula is C8H17NO2. The maximum atomic E-state index is 5.16. The summed E-state index contributed by atoms with van der Waals surface area (Å²) in [5, 5.41) is 3.72. The van der Waals surface area contributed by atoms with Crippen molar-refractivity contribution >= 4 is 5.90 Å². The van der Waals surface area contributed by atoms with Crippen LogP contribution in [0.15, 0.2) is 5.16 Å². The molecule has 3 nitrogen and oxygen atoms in total. The third kappa shape index (κ3) is 3.86. The lowest BCUT2D eigenvalue weighted by atomic mass is 10.2. The number of nitrogens with zero attached hydrogens (tertiary/aromatic N) is 1. The van der Waals surface area contributed by atoms with E-state index < -0.39 is 0 Å². The molecule has 0 saturated heterocycles. The molecule has 0 N–H and O–H groups in total. The number of hydrogen-bond donors (Lipinski definition) is 0. The molecule has 66 valence electrons. The van der Waals surface area contributed by atoms with E-state index in [1.165, 1.54) is 0 Å². The number of hydrogen-bond acceptors (Lipinski definition) is 3. The molecule has 0 aromatic heterocycles. The van der Waals surface area contributed by atoms with Crippen molar-refractivity contribution in [3.05, 3.63) is 0 Å². The number of oxime groups is 1. The van der Waals surface area contributed by atoms with E-state index in [0.29, 0.717) is 25.0 Å². The number of rotatable bonds is 1. The van der Waals surface area contributed by atoms with Crippen molar-refractivity contribution in [1.82, 2.24) is 0 Å². The minimum Gasteiger partial charge on any atom is -0.475 e. The van der Waals surface area contributed by atoms with Crippen LogP contribution in [-0.4, -0.2) is 19.1 Å². The van der Waals surface area contributed by atoms with Gasteiger partial charge in [-0.15, -0.1) is 0 Å². The Morgan fingerprint density at radius 2 is 1.91 bits per heavy atom. The van der Waals surface area contributed by atoms with Gasteiger partial charge in [-0.05, 0) is 0 Å². The first-order chi connectivity index (χ1) is 5.30. The van der Waals surface area contributed by atoms with Gasteiger partial charge in [0.15, 0.2) is 6.61 Å². The van der Waals surface area contributed by atoms with Gasteiger partial charge in [0.25, 0.3) is 0 Å². The van der Waals surface area contributed by atoms with E-state index in [2.05, 4.69) is 5.16 Å². The molecule has 1 rings (SSSR count). The average Bonchev–Trinajstić information content (AvgIpc) is 2.10. The predicted octanol–water partition coefficient (Wildman–Crippen LogP) is 2.03. The summed E-state index contributed by atoms with van der Waals surface area (Å²) >= 11 is 0. The molecule has 0 aromatic rings. The SMILES string of the molecule is CC.CC(C)C1=NOCCO1. The molecule has 1 aliphatic rings. The van der Waals surface area contributed by atoms with Crippen LogP contribution in [0.2, 0.25) is 0 Å². The summed E-state index contributed by atoms with van der Waals surface area (Å²) in [7, 11) is 0. The Morgan fingerprint density at radius 3 is 2.18 bits per heavy atom. The van der Waals surface area contributed by atoms with Gasteiger partial charge in [0.2, 0.25) is 5.90 Å². The van der Waals surface area contributed by atoms with Gasteiger partial charge in [0.05, 0.1) is 0 Å². The first kappa shape index (κ1) is 10.3. The molecule has 1 heterocycles. The van der Waals surface area contributed by atoms with E-state index in [0.717, 1.165) is 0 Å². The van der Waals surface area contributed by atoms with E-state index in [1.54, 1.807) is 0 Å². The maximum absolute atomic E-state index is 5.16. The van der Waals surface area contributed by atoms with Gasteiger partial charge in [0, 0.05) is 5.92 Å². The topological polar surface area (TPSA) is 30.8 Å². The lowest BCUT2D eigenvalue weighted by Crippen LogP contribution is -2.20. The lowest BCUT2D eigenvalue weighted by molar-refractivity contribution is 0.0585. The zero-order valence-corrected chi connectivity index (χ0v) is 7.76. The summed E-state index contributed by atoms with van der Waals surface area (Å²) in [6.07, 6.45) is 0. The molecule has 0 aromatic carbocycles. The highest BCUT2D eigenvalue weighted by atomic mass is 16.7. The van der Waals surface area contributed by atoms with E-state index >= 15 is 0 Å². The van der Waals surface area contributed by atoms with E-state index in [4.69, 9.17) is 9.57 Å². The van der Waals surface area contributed by atoms with Crippen molar-refractivity contribution in [1.29, 1.82) is 0 Å². The highest BCUT2D eigenvalue weighted by molar-refractivity contribution is 5.77. The van der Waals surface area contributed by atoms with Crippen LogP contribution in [0.5, 0.6) is 0 Å². The average molecular weight is 159 g/mol. The third-order valence-electron chi connectivity index (χ3n) is 1.07. The van der Waals surface area contributed by atoms with Crippen molar-refractivity contribution in [3.63, 3.8) is 0 Å². The molecule has 0 amide bonds. The molecular weight excluding hydrogens is 142 g/mol. The second-order valence-electron chi connectivity index (χ2n) is 2.27. The van der Waals surface area contributed by atoms with Gasteiger partial charge in [-0.3, -0.25) is 0 Å². The Morgan fingerprint density at radius 1 is 1.27 bits per heavy atom. The lowest BCUT2D eigenvalue weighted by Gasteiger charge is -2.15. The zero-order valence-electron chi connectivity index (χ0n) is 7.76. The fourth-order valence-corrected chi connectivity index (χ4v) is 0.591. The van der Waals surface area contributed by atoms with Crippen molar-refractivity contribution in [2.75, 3.05) is 13.2 Å². The quantitative estimate of drug-likeness (QED) is 0.586. The van der Waals surface area contributed by atoms with Gasteiger partial charge in [-0.1, -0.05) is 32.9 Å². The van der Waals surface area contributed by atoms with Crippen molar-refractivity contribution in [2.24, 2.45) is 11.1 Å². The Kier molecular flexibility index (Phi) is 5.61. The van der Waals surface area contributed by atoms with E-state index in [-0.39, 0.29) is 0 Å². The van der Waals surface area contributed by atoms with Crippen LogP contribution < -0.4 is 0 Å². The van der Waals surface area contributed by atoms with Crippen LogP contribution in [0, 0.1) is 5.92 Å². The highest BCUT2D eigenvalue weighted by Gasteiger charge is 2.10. The van der Waals surface area contributed by atoms with Crippen LogP contribution in [0.3, 0.4) is 0 Å². The van der Waals surface area contributed by atoms with Crippen molar-refractivity contribution < 1.29 is 9.57 Å². The minimum absolute atomic E-state index is 0.338. The second kappa shape index (κ2) is 6.01. The largest absolute Gasteiger partial charge is 0.475 e. The van der Waals surface area contributed by atoms with Gasteiger partial charge in [-0.25, -0.2) is 0 Å². The first-order valence-corrected chi connectivity index (χ1v) is 4.13. The summed E-state index contributed by atoms with van der Waals surface area (Å²) < 4.78 is 5.16. The van der Waals surface area contributed by atoms with Gasteiger partial charge < -0.3 is 9.57 Å². The van der Waals surface area contributed by atoms with Crippen molar-refractivity contribution in [3.8, 4) is 0 Å². The van der Waals surface area contributed by atoms with Crippen LogP contribution in [0.25, 0.3) is 0 Å². The molecule has 0 saturated carbocycles.